The number of hydrogen-bond donors (Lipinski definition) is 0. The van der Waals surface area contributed by atoms with E-state index in [0.29, 0.717) is 23.3 Å². The fourth-order valence-electron chi connectivity index (χ4n) is 3.57. The third-order valence-corrected chi connectivity index (χ3v) is 5.69. The van der Waals surface area contributed by atoms with E-state index < -0.39 is 12.7 Å². The van der Waals surface area contributed by atoms with E-state index in [9.17, 15) is 0 Å². The molecule has 6 nitrogen and oxygen atoms in total. The van der Waals surface area contributed by atoms with Gasteiger partial charge in [-0.15, -0.1) is 0 Å². The van der Waals surface area contributed by atoms with Crippen LogP contribution < -0.4 is 10.2 Å². The fourth-order valence-corrected chi connectivity index (χ4v) is 3.57. The summed E-state index contributed by atoms with van der Waals surface area (Å²) in [6, 6.07) is 7.90. The van der Waals surface area contributed by atoms with Crippen molar-refractivity contribution in [2.45, 2.75) is 32.3 Å². The molecule has 0 unspecified atom stereocenters. The first-order valence-electron chi connectivity index (χ1n) is 10.2. The molecule has 0 saturated carbocycles. The number of rotatable bonds is 5. The molecule has 0 aliphatic carbocycles. The molecule has 2 fully saturated rings. The highest BCUT2D eigenvalue weighted by molar-refractivity contribution is 6.62. The lowest BCUT2D eigenvalue weighted by Gasteiger charge is -2.28. The maximum Gasteiger partial charge on any atom is 0.563 e. The van der Waals surface area contributed by atoms with E-state index in [1.807, 2.05) is 38.1 Å². The lowest BCUT2D eigenvalue weighted by molar-refractivity contribution is 0.159. The summed E-state index contributed by atoms with van der Waals surface area (Å²) in [5, 5.41) is 0. The van der Waals surface area contributed by atoms with E-state index in [-0.39, 0.29) is 0 Å². The minimum atomic E-state index is -0.496. The molecule has 7 heteroatoms. The zero-order valence-corrected chi connectivity index (χ0v) is 17.4. The molecule has 3 heterocycles. The maximum atomic E-state index is 5.97. The van der Waals surface area contributed by atoms with Crippen molar-refractivity contribution in [2.24, 2.45) is 5.92 Å². The Hall–Kier alpha value is -2.38. The number of aromatic nitrogens is 2. The average Bonchev–Trinajstić information content (AvgIpc) is 3.01. The van der Waals surface area contributed by atoms with E-state index in [4.69, 9.17) is 14.0 Å². The Morgan fingerprint density at radius 3 is 2.62 bits per heavy atom. The van der Waals surface area contributed by atoms with Crippen LogP contribution in [-0.4, -0.2) is 54.3 Å². The monoisotopic (exact) mass is 393 g/mol. The van der Waals surface area contributed by atoms with Crippen LogP contribution in [0.3, 0.4) is 0 Å². The van der Waals surface area contributed by atoms with Crippen molar-refractivity contribution in [1.82, 2.24) is 14.9 Å². The Morgan fingerprint density at radius 2 is 1.97 bits per heavy atom. The van der Waals surface area contributed by atoms with Gasteiger partial charge in [-0.25, -0.2) is 9.97 Å². The molecule has 2 aliphatic heterocycles. The predicted molar refractivity (Wildman–Crippen MR) is 114 cm³/mol. The molecule has 2 aliphatic rings. The zero-order valence-electron chi connectivity index (χ0n) is 17.4. The second-order valence-corrected chi connectivity index (χ2v) is 8.43. The van der Waals surface area contributed by atoms with Crippen LogP contribution in [0.15, 0.2) is 49.0 Å². The number of ether oxygens (including phenoxy) is 1. The molecule has 0 amide bonds. The van der Waals surface area contributed by atoms with Gasteiger partial charge in [0.1, 0.15) is 5.60 Å². The van der Waals surface area contributed by atoms with Crippen molar-refractivity contribution in [2.75, 3.05) is 26.7 Å². The third kappa shape index (κ3) is 4.62. The fraction of sp³-hybridized carbons (Fsp3) is 0.455. The van der Waals surface area contributed by atoms with E-state index in [0.717, 1.165) is 30.7 Å². The summed E-state index contributed by atoms with van der Waals surface area (Å²) in [5.74, 6) is 2.60. The van der Waals surface area contributed by atoms with Gasteiger partial charge in [-0.3, -0.25) is 0 Å². The molecule has 0 bridgehead atoms. The van der Waals surface area contributed by atoms with E-state index in [2.05, 4.69) is 28.5 Å². The van der Waals surface area contributed by atoms with Crippen molar-refractivity contribution in [3.05, 3.63) is 49.0 Å². The molecule has 0 radical (unpaired) electrons. The molecule has 29 heavy (non-hydrogen) atoms. The van der Waals surface area contributed by atoms with Crippen molar-refractivity contribution in [3.8, 4) is 17.1 Å². The Kier molecular flexibility index (Phi) is 5.61. The summed E-state index contributed by atoms with van der Waals surface area (Å²) in [5.41, 5.74) is 1.33. The molecule has 152 valence electrons. The van der Waals surface area contributed by atoms with Crippen LogP contribution in [-0.2, 0) is 9.31 Å². The SMILES string of the molecule is C=C1OB(c2cccc(-c3ncc(OCC4CCN(C)CC4)cn3)c2)OC1(C)C. The molecule has 4 rings (SSSR count). The van der Waals surface area contributed by atoms with Crippen molar-refractivity contribution < 1.29 is 14.0 Å². The average molecular weight is 393 g/mol. The van der Waals surface area contributed by atoms with Gasteiger partial charge in [-0.05, 0) is 58.2 Å². The molecular weight excluding hydrogens is 365 g/mol. The molecular formula is C22H28BN3O3. The van der Waals surface area contributed by atoms with Gasteiger partial charge in [0.05, 0.1) is 24.8 Å². The van der Waals surface area contributed by atoms with Gasteiger partial charge in [-0.1, -0.05) is 30.8 Å². The summed E-state index contributed by atoms with van der Waals surface area (Å²) in [4.78, 5) is 11.3. The van der Waals surface area contributed by atoms with Gasteiger partial charge in [-0.2, -0.15) is 0 Å². The van der Waals surface area contributed by atoms with E-state index in [1.165, 1.54) is 12.8 Å². The number of nitrogens with zero attached hydrogens (tertiary/aromatic N) is 3. The largest absolute Gasteiger partial charge is 0.563 e. The molecule has 1 aromatic heterocycles. The van der Waals surface area contributed by atoms with Crippen molar-refractivity contribution >= 4 is 12.6 Å². The van der Waals surface area contributed by atoms with E-state index in [1.54, 1.807) is 12.4 Å². The predicted octanol–water partition coefficient (Wildman–Crippen LogP) is 2.90. The molecule has 0 atom stereocenters. The summed E-state index contributed by atoms with van der Waals surface area (Å²) < 4.78 is 17.7. The van der Waals surface area contributed by atoms with Gasteiger partial charge >= 0.3 is 7.12 Å². The zero-order chi connectivity index (χ0) is 20.4. The first kappa shape index (κ1) is 19.9. The Balaban J connectivity index is 1.40. The van der Waals surface area contributed by atoms with Crippen LogP contribution in [0.5, 0.6) is 5.75 Å². The summed E-state index contributed by atoms with van der Waals surface area (Å²) in [7, 11) is 1.70. The van der Waals surface area contributed by atoms with Gasteiger partial charge in [0.15, 0.2) is 11.6 Å². The van der Waals surface area contributed by atoms with Crippen LogP contribution in [0, 0.1) is 5.92 Å². The maximum absolute atomic E-state index is 5.97. The smallest absolute Gasteiger partial charge is 0.534 e. The van der Waals surface area contributed by atoms with Crippen LogP contribution in [0.25, 0.3) is 11.4 Å². The Bertz CT molecular complexity index is 864. The number of piperidine rings is 1. The first-order chi connectivity index (χ1) is 13.9. The second-order valence-electron chi connectivity index (χ2n) is 8.43. The molecule has 1 aromatic carbocycles. The van der Waals surface area contributed by atoms with Crippen LogP contribution >= 0.6 is 0 Å². The molecule has 2 aromatic rings. The Morgan fingerprint density at radius 1 is 1.24 bits per heavy atom. The van der Waals surface area contributed by atoms with Crippen LogP contribution in [0.4, 0.5) is 0 Å². The molecule has 0 N–H and O–H groups in total. The summed E-state index contributed by atoms with van der Waals surface area (Å²) in [6.45, 7) is 10.8. The van der Waals surface area contributed by atoms with Crippen LogP contribution in [0.2, 0.25) is 0 Å². The summed E-state index contributed by atoms with van der Waals surface area (Å²) in [6.07, 6.45) is 5.85. The van der Waals surface area contributed by atoms with Crippen molar-refractivity contribution in [3.63, 3.8) is 0 Å². The topological polar surface area (TPSA) is 56.7 Å². The standard InChI is InChI=1S/C22H28BN3O3/c1-16-22(2,3)29-23(28-16)19-7-5-6-18(12-19)21-24-13-20(14-25-21)27-15-17-8-10-26(4)11-9-17/h5-7,12-14,17H,1,8-11,15H2,2-4H3. The molecule has 2 saturated heterocycles. The summed E-state index contributed by atoms with van der Waals surface area (Å²) >= 11 is 0. The third-order valence-electron chi connectivity index (χ3n) is 5.69. The number of benzene rings is 1. The van der Waals surface area contributed by atoms with E-state index >= 15 is 0 Å². The lowest BCUT2D eigenvalue weighted by Crippen LogP contribution is -2.34. The number of likely N-dealkylation sites (tertiary alicyclic amines) is 1. The molecule has 0 spiro atoms. The number of hydrogen-bond acceptors (Lipinski definition) is 6. The highest BCUT2D eigenvalue weighted by Gasteiger charge is 2.42. The first-order valence-corrected chi connectivity index (χ1v) is 10.2. The Labute approximate surface area is 173 Å². The van der Waals surface area contributed by atoms with Crippen LogP contribution in [0.1, 0.15) is 26.7 Å². The van der Waals surface area contributed by atoms with Gasteiger partial charge in [0, 0.05) is 5.56 Å². The quantitative estimate of drug-likeness (QED) is 0.729. The highest BCUT2D eigenvalue weighted by atomic mass is 16.7. The van der Waals surface area contributed by atoms with Gasteiger partial charge < -0.3 is 18.9 Å². The minimum Gasteiger partial charge on any atom is -0.534 e. The van der Waals surface area contributed by atoms with Crippen molar-refractivity contribution in [1.29, 1.82) is 0 Å². The normalized spacial score (nSPS) is 20.0. The highest BCUT2D eigenvalue weighted by Crippen LogP contribution is 2.29. The lowest BCUT2D eigenvalue weighted by atomic mass is 9.78. The van der Waals surface area contributed by atoms with Gasteiger partial charge in [0.2, 0.25) is 0 Å². The second kappa shape index (κ2) is 8.16. The minimum absolute atomic E-state index is 0.463. The van der Waals surface area contributed by atoms with Gasteiger partial charge in [0.25, 0.3) is 0 Å².